The monoisotopic (exact) mass is 256 g/mol. The summed E-state index contributed by atoms with van der Waals surface area (Å²) in [5.74, 6) is 0. The minimum absolute atomic E-state index is 0.463. The number of nitrogens with zero attached hydrogens (tertiary/aromatic N) is 1. The Labute approximate surface area is 113 Å². The Bertz CT molecular complexity index is 211. The Morgan fingerprint density at radius 1 is 1.33 bits per heavy atom. The van der Waals surface area contributed by atoms with Crippen molar-refractivity contribution in [2.45, 2.75) is 71.6 Å². The summed E-state index contributed by atoms with van der Waals surface area (Å²) in [5, 5.41) is 3.60. The van der Waals surface area contributed by atoms with Crippen molar-refractivity contribution in [2.24, 2.45) is 0 Å². The summed E-state index contributed by atoms with van der Waals surface area (Å²) >= 11 is 0. The van der Waals surface area contributed by atoms with Crippen molar-refractivity contribution in [1.29, 1.82) is 0 Å². The number of hydrogen-bond donors (Lipinski definition) is 1. The lowest BCUT2D eigenvalue weighted by molar-refractivity contribution is -0.0104. The van der Waals surface area contributed by atoms with Crippen molar-refractivity contribution >= 4 is 0 Å². The average molecular weight is 256 g/mol. The van der Waals surface area contributed by atoms with Crippen LogP contribution in [0.5, 0.6) is 0 Å². The minimum Gasteiger partial charge on any atom is -0.377 e. The van der Waals surface area contributed by atoms with Crippen LogP contribution in [-0.4, -0.2) is 49.3 Å². The Morgan fingerprint density at radius 2 is 2.11 bits per heavy atom. The number of ether oxygens (including phenoxy) is 1. The van der Waals surface area contributed by atoms with Crippen molar-refractivity contribution in [3.63, 3.8) is 0 Å². The normalized spacial score (nSPS) is 25.0. The van der Waals surface area contributed by atoms with E-state index < -0.39 is 0 Å². The minimum atomic E-state index is 0.463. The van der Waals surface area contributed by atoms with Crippen LogP contribution in [0.25, 0.3) is 0 Å². The smallest absolute Gasteiger partial charge is 0.0702 e. The zero-order valence-corrected chi connectivity index (χ0v) is 12.7. The SMILES string of the molecule is CCCOC1CCCN(C(C)CNC(C)CC)C1. The van der Waals surface area contributed by atoms with Crippen molar-refractivity contribution in [3.8, 4) is 0 Å². The molecule has 108 valence electrons. The highest BCUT2D eigenvalue weighted by atomic mass is 16.5. The number of piperidine rings is 1. The highest BCUT2D eigenvalue weighted by Crippen LogP contribution is 2.15. The molecule has 3 heteroatoms. The molecule has 0 aliphatic carbocycles. The fraction of sp³-hybridized carbons (Fsp3) is 1.00. The molecular formula is C15H32N2O. The van der Waals surface area contributed by atoms with E-state index >= 15 is 0 Å². The lowest BCUT2D eigenvalue weighted by Crippen LogP contribution is -2.49. The Hall–Kier alpha value is -0.120. The first kappa shape index (κ1) is 15.9. The lowest BCUT2D eigenvalue weighted by atomic mass is 10.1. The summed E-state index contributed by atoms with van der Waals surface area (Å²) in [6.07, 6.45) is 5.31. The summed E-state index contributed by atoms with van der Waals surface area (Å²) in [5.41, 5.74) is 0. The third kappa shape index (κ3) is 5.68. The molecule has 0 bridgehead atoms. The summed E-state index contributed by atoms with van der Waals surface area (Å²) in [6.45, 7) is 13.4. The van der Waals surface area contributed by atoms with E-state index in [1.807, 2.05) is 0 Å². The highest BCUT2D eigenvalue weighted by molar-refractivity contribution is 4.79. The zero-order valence-electron chi connectivity index (χ0n) is 12.7. The van der Waals surface area contributed by atoms with Gasteiger partial charge < -0.3 is 10.1 Å². The lowest BCUT2D eigenvalue weighted by Gasteiger charge is -2.37. The van der Waals surface area contributed by atoms with E-state index in [1.54, 1.807) is 0 Å². The molecule has 1 saturated heterocycles. The maximum Gasteiger partial charge on any atom is 0.0702 e. The molecule has 1 heterocycles. The molecule has 0 amide bonds. The second kappa shape index (κ2) is 8.89. The van der Waals surface area contributed by atoms with Gasteiger partial charge in [0, 0.05) is 31.8 Å². The molecule has 3 unspecified atom stereocenters. The van der Waals surface area contributed by atoms with E-state index in [2.05, 4.69) is 37.9 Å². The van der Waals surface area contributed by atoms with Crippen LogP contribution in [0.3, 0.4) is 0 Å². The summed E-state index contributed by atoms with van der Waals surface area (Å²) in [6, 6.07) is 1.25. The molecule has 3 nitrogen and oxygen atoms in total. The Balaban J connectivity index is 2.26. The second-order valence-corrected chi connectivity index (χ2v) is 5.70. The van der Waals surface area contributed by atoms with Crippen LogP contribution in [0.1, 0.15) is 53.4 Å². The van der Waals surface area contributed by atoms with Gasteiger partial charge in [-0.15, -0.1) is 0 Å². The van der Waals surface area contributed by atoms with Crippen LogP contribution < -0.4 is 5.32 Å². The van der Waals surface area contributed by atoms with Gasteiger partial charge in [0.15, 0.2) is 0 Å². The van der Waals surface area contributed by atoms with Gasteiger partial charge in [0.1, 0.15) is 0 Å². The maximum atomic E-state index is 5.90. The first-order valence-corrected chi connectivity index (χ1v) is 7.76. The van der Waals surface area contributed by atoms with E-state index in [-0.39, 0.29) is 0 Å². The largest absolute Gasteiger partial charge is 0.377 e. The molecule has 0 saturated carbocycles. The fourth-order valence-corrected chi connectivity index (χ4v) is 2.43. The van der Waals surface area contributed by atoms with Crippen LogP contribution in [0.4, 0.5) is 0 Å². The van der Waals surface area contributed by atoms with E-state index in [1.165, 1.54) is 25.8 Å². The van der Waals surface area contributed by atoms with Crippen LogP contribution in [-0.2, 0) is 4.74 Å². The van der Waals surface area contributed by atoms with Gasteiger partial charge in [-0.3, -0.25) is 4.90 Å². The summed E-state index contributed by atoms with van der Waals surface area (Å²) < 4.78 is 5.90. The number of nitrogens with one attached hydrogen (secondary N) is 1. The predicted octanol–water partition coefficient (Wildman–Crippen LogP) is 2.65. The molecule has 1 fully saturated rings. The molecule has 1 aliphatic rings. The molecule has 18 heavy (non-hydrogen) atoms. The van der Waals surface area contributed by atoms with E-state index in [4.69, 9.17) is 4.74 Å². The van der Waals surface area contributed by atoms with E-state index in [0.717, 1.165) is 26.1 Å². The topological polar surface area (TPSA) is 24.5 Å². The van der Waals surface area contributed by atoms with Crippen LogP contribution >= 0.6 is 0 Å². The van der Waals surface area contributed by atoms with Crippen LogP contribution in [0.2, 0.25) is 0 Å². The van der Waals surface area contributed by atoms with Gasteiger partial charge in [-0.1, -0.05) is 13.8 Å². The molecule has 1 aliphatic heterocycles. The third-order valence-corrected chi connectivity index (χ3v) is 3.96. The van der Waals surface area contributed by atoms with Gasteiger partial charge in [0.25, 0.3) is 0 Å². The Kier molecular flexibility index (Phi) is 7.87. The molecule has 3 atom stereocenters. The Morgan fingerprint density at radius 3 is 2.78 bits per heavy atom. The molecule has 0 spiro atoms. The highest BCUT2D eigenvalue weighted by Gasteiger charge is 2.23. The van der Waals surface area contributed by atoms with Gasteiger partial charge in [0.2, 0.25) is 0 Å². The second-order valence-electron chi connectivity index (χ2n) is 5.70. The standard InChI is InChI=1S/C15H32N2O/c1-5-10-18-15-8-7-9-17(12-15)14(4)11-16-13(3)6-2/h13-16H,5-12H2,1-4H3. The van der Waals surface area contributed by atoms with Gasteiger partial charge in [-0.2, -0.15) is 0 Å². The molecule has 1 N–H and O–H groups in total. The van der Waals surface area contributed by atoms with Gasteiger partial charge in [0.05, 0.1) is 6.10 Å². The van der Waals surface area contributed by atoms with Crippen LogP contribution in [0, 0.1) is 0 Å². The average Bonchev–Trinajstić information content (AvgIpc) is 2.42. The summed E-state index contributed by atoms with van der Waals surface area (Å²) in [7, 11) is 0. The maximum absolute atomic E-state index is 5.90. The number of hydrogen-bond acceptors (Lipinski definition) is 3. The quantitative estimate of drug-likeness (QED) is 0.722. The van der Waals surface area contributed by atoms with Crippen molar-refractivity contribution in [3.05, 3.63) is 0 Å². The molecule has 0 aromatic rings. The van der Waals surface area contributed by atoms with Crippen molar-refractivity contribution in [1.82, 2.24) is 10.2 Å². The first-order valence-electron chi connectivity index (χ1n) is 7.76. The van der Waals surface area contributed by atoms with Gasteiger partial charge >= 0.3 is 0 Å². The number of likely N-dealkylation sites (tertiary alicyclic amines) is 1. The van der Waals surface area contributed by atoms with Crippen molar-refractivity contribution in [2.75, 3.05) is 26.2 Å². The fourth-order valence-electron chi connectivity index (χ4n) is 2.43. The van der Waals surface area contributed by atoms with Gasteiger partial charge in [-0.25, -0.2) is 0 Å². The molecule has 0 radical (unpaired) electrons. The van der Waals surface area contributed by atoms with E-state index in [9.17, 15) is 0 Å². The molecule has 1 rings (SSSR count). The first-order chi connectivity index (χ1) is 8.67. The summed E-state index contributed by atoms with van der Waals surface area (Å²) in [4.78, 5) is 2.58. The van der Waals surface area contributed by atoms with Gasteiger partial charge in [-0.05, 0) is 46.1 Å². The number of rotatable bonds is 8. The molecular weight excluding hydrogens is 224 g/mol. The molecule has 0 aromatic heterocycles. The molecule has 0 aromatic carbocycles. The zero-order chi connectivity index (χ0) is 13.4. The predicted molar refractivity (Wildman–Crippen MR) is 78.1 cm³/mol. The van der Waals surface area contributed by atoms with Crippen LogP contribution in [0.15, 0.2) is 0 Å². The van der Waals surface area contributed by atoms with E-state index in [0.29, 0.717) is 18.2 Å². The van der Waals surface area contributed by atoms with Crippen molar-refractivity contribution < 1.29 is 4.74 Å². The third-order valence-electron chi connectivity index (χ3n) is 3.96.